The molecule has 2 aromatic carbocycles. The Hall–Kier alpha value is -2.09. The molecule has 0 unspecified atom stereocenters. The summed E-state index contributed by atoms with van der Waals surface area (Å²) in [5.74, 6) is -0.0677. The number of amides is 1. The molecular formula is C24H32ClN3O3S. The molecular weight excluding hydrogens is 446 g/mol. The van der Waals surface area contributed by atoms with Gasteiger partial charge in [0.05, 0.1) is 4.90 Å². The molecule has 1 aliphatic heterocycles. The summed E-state index contributed by atoms with van der Waals surface area (Å²) in [6, 6.07) is 9.91. The fourth-order valence-corrected chi connectivity index (χ4v) is 5.51. The number of carbonyl (C=O) groups excluding carboxylic acids is 1. The zero-order valence-corrected chi connectivity index (χ0v) is 20.6. The third-order valence-corrected chi connectivity index (χ3v) is 7.74. The molecule has 1 N–H and O–H groups in total. The number of benzene rings is 2. The van der Waals surface area contributed by atoms with E-state index in [0.717, 1.165) is 32.5 Å². The third-order valence-electron chi connectivity index (χ3n) is 5.81. The molecule has 3 rings (SSSR count). The van der Waals surface area contributed by atoms with E-state index >= 15 is 0 Å². The van der Waals surface area contributed by atoms with Crippen LogP contribution in [0.2, 0.25) is 5.02 Å². The Morgan fingerprint density at radius 3 is 2.59 bits per heavy atom. The van der Waals surface area contributed by atoms with E-state index in [-0.39, 0.29) is 10.8 Å². The first kappa shape index (κ1) is 24.6. The van der Waals surface area contributed by atoms with Crippen LogP contribution in [0.4, 0.5) is 5.69 Å². The van der Waals surface area contributed by atoms with Crippen molar-refractivity contribution in [1.82, 2.24) is 9.80 Å². The third kappa shape index (κ3) is 6.03. The van der Waals surface area contributed by atoms with Gasteiger partial charge >= 0.3 is 0 Å². The standard InChI is InChI=1S/C24H32ClN3O3S/c1-4-5-10-27-11-7-12-28(14-13-27)24(29)20-8-6-9-21(17-20)26-32(30,31)23-16-18(2)22(25)15-19(23)3/h6,8-9,15-17,26H,4-5,7,10-14H2,1-3H3. The molecule has 1 fully saturated rings. The topological polar surface area (TPSA) is 69.7 Å². The van der Waals surface area contributed by atoms with E-state index in [1.54, 1.807) is 50.2 Å². The van der Waals surface area contributed by atoms with Gasteiger partial charge in [0, 0.05) is 35.9 Å². The number of hydrogen-bond donors (Lipinski definition) is 1. The van der Waals surface area contributed by atoms with E-state index in [9.17, 15) is 13.2 Å². The number of sulfonamides is 1. The van der Waals surface area contributed by atoms with Gasteiger partial charge in [-0.1, -0.05) is 31.0 Å². The Bertz CT molecular complexity index is 1070. The van der Waals surface area contributed by atoms with Crippen molar-refractivity contribution in [3.63, 3.8) is 0 Å². The maximum Gasteiger partial charge on any atom is 0.262 e. The number of anilines is 1. The number of halogens is 1. The van der Waals surface area contributed by atoms with Crippen molar-refractivity contribution in [2.24, 2.45) is 0 Å². The fourth-order valence-electron chi connectivity index (χ4n) is 3.93. The number of aryl methyl sites for hydroxylation is 2. The maximum absolute atomic E-state index is 13.1. The Balaban J connectivity index is 1.74. The smallest absolute Gasteiger partial charge is 0.262 e. The van der Waals surface area contributed by atoms with Crippen LogP contribution in [0.25, 0.3) is 0 Å². The molecule has 0 saturated carbocycles. The van der Waals surface area contributed by atoms with Crippen LogP contribution in [0.15, 0.2) is 41.3 Å². The highest BCUT2D eigenvalue weighted by molar-refractivity contribution is 7.92. The minimum absolute atomic E-state index is 0.0677. The van der Waals surface area contributed by atoms with Crippen molar-refractivity contribution < 1.29 is 13.2 Å². The number of carbonyl (C=O) groups is 1. The van der Waals surface area contributed by atoms with Gasteiger partial charge in [0.15, 0.2) is 0 Å². The fraction of sp³-hybridized carbons (Fsp3) is 0.458. The maximum atomic E-state index is 13.1. The minimum atomic E-state index is -3.81. The Morgan fingerprint density at radius 1 is 1.06 bits per heavy atom. The van der Waals surface area contributed by atoms with E-state index in [1.165, 1.54) is 6.42 Å². The SMILES string of the molecule is CCCCN1CCCN(C(=O)c2cccc(NS(=O)(=O)c3cc(C)c(Cl)cc3C)c2)CC1. The Morgan fingerprint density at radius 2 is 1.84 bits per heavy atom. The Labute approximate surface area is 196 Å². The van der Waals surface area contributed by atoms with Crippen LogP contribution in [0, 0.1) is 13.8 Å². The second-order valence-electron chi connectivity index (χ2n) is 8.39. The van der Waals surface area contributed by atoms with Gasteiger partial charge in [-0.3, -0.25) is 9.52 Å². The zero-order valence-electron chi connectivity index (χ0n) is 19.0. The molecule has 1 saturated heterocycles. The molecule has 1 amide bonds. The lowest BCUT2D eigenvalue weighted by atomic mass is 10.1. The van der Waals surface area contributed by atoms with Crippen LogP contribution in [0.3, 0.4) is 0 Å². The van der Waals surface area contributed by atoms with Crippen LogP contribution >= 0.6 is 11.6 Å². The molecule has 32 heavy (non-hydrogen) atoms. The molecule has 0 bridgehead atoms. The predicted molar refractivity (Wildman–Crippen MR) is 130 cm³/mol. The first-order valence-corrected chi connectivity index (χ1v) is 13.0. The largest absolute Gasteiger partial charge is 0.337 e. The number of unbranched alkanes of at least 4 members (excludes halogenated alkanes) is 1. The molecule has 0 aliphatic carbocycles. The summed E-state index contributed by atoms with van der Waals surface area (Å²) >= 11 is 6.11. The van der Waals surface area contributed by atoms with Crippen molar-refractivity contribution >= 4 is 33.2 Å². The number of rotatable bonds is 7. The molecule has 8 heteroatoms. The highest BCUT2D eigenvalue weighted by Gasteiger charge is 2.22. The highest BCUT2D eigenvalue weighted by atomic mass is 35.5. The molecule has 2 aromatic rings. The molecule has 0 aromatic heterocycles. The highest BCUT2D eigenvalue weighted by Crippen LogP contribution is 2.26. The molecule has 1 heterocycles. The van der Waals surface area contributed by atoms with Gasteiger partial charge in [0.2, 0.25) is 0 Å². The van der Waals surface area contributed by atoms with Crippen LogP contribution in [-0.4, -0.2) is 56.8 Å². The second-order valence-corrected chi connectivity index (χ2v) is 10.5. The summed E-state index contributed by atoms with van der Waals surface area (Å²) in [6.07, 6.45) is 3.27. The van der Waals surface area contributed by atoms with Gasteiger partial charge in [-0.2, -0.15) is 0 Å². The lowest BCUT2D eigenvalue weighted by molar-refractivity contribution is 0.0761. The molecule has 0 radical (unpaired) electrons. The van der Waals surface area contributed by atoms with E-state index in [4.69, 9.17) is 11.6 Å². The number of nitrogens with one attached hydrogen (secondary N) is 1. The van der Waals surface area contributed by atoms with E-state index in [1.807, 2.05) is 4.90 Å². The molecule has 174 valence electrons. The van der Waals surface area contributed by atoms with Crippen molar-refractivity contribution in [2.75, 3.05) is 37.4 Å². The summed E-state index contributed by atoms with van der Waals surface area (Å²) < 4.78 is 28.6. The van der Waals surface area contributed by atoms with E-state index < -0.39 is 10.0 Å². The normalized spacial score (nSPS) is 15.4. The van der Waals surface area contributed by atoms with Gasteiger partial charge in [-0.15, -0.1) is 0 Å². The van der Waals surface area contributed by atoms with Crippen molar-refractivity contribution in [2.45, 2.75) is 44.9 Å². The summed E-state index contributed by atoms with van der Waals surface area (Å²) in [5.41, 5.74) is 2.10. The summed E-state index contributed by atoms with van der Waals surface area (Å²) in [6.45, 7) is 10.00. The quantitative estimate of drug-likeness (QED) is 0.627. The van der Waals surface area contributed by atoms with Gasteiger partial charge < -0.3 is 9.80 Å². The molecule has 0 spiro atoms. The van der Waals surface area contributed by atoms with Crippen molar-refractivity contribution in [3.8, 4) is 0 Å². The Kier molecular flexibility index (Phi) is 8.20. The average molecular weight is 478 g/mol. The average Bonchev–Trinajstić information content (AvgIpc) is 2.99. The molecule has 1 aliphatic rings. The molecule has 6 nitrogen and oxygen atoms in total. The number of nitrogens with zero attached hydrogens (tertiary/aromatic N) is 2. The lowest BCUT2D eigenvalue weighted by Gasteiger charge is -2.22. The van der Waals surface area contributed by atoms with Gasteiger partial charge in [0.1, 0.15) is 0 Å². The van der Waals surface area contributed by atoms with Gasteiger partial charge in [0.25, 0.3) is 15.9 Å². The predicted octanol–water partition coefficient (Wildman–Crippen LogP) is 4.71. The summed E-state index contributed by atoms with van der Waals surface area (Å²) in [4.78, 5) is 17.6. The number of hydrogen-bond acceptors (Lipinski definition) is 4. The van der Waals surface area contributed by atoms with Crippen LogP contribution in [0.1, 0.15) is 47.7 Å². The summed E-state index contributed by atoms with van der Waals surface area (Å²) in [7, 11) is -3.81. The van der Waals surface area contributed by atoms with Crippen LogP contribution < -0.4 is 4.72 Å². The van der Waals surface area contributed by atoms with E-state index in [0.29, 0.717) is 40.5 Å². The first-order valence-electron chi connectivity index (χ1n) is 11.1. The first-order chi connectivity index (χ1) is 15.2. The molecule has 0 atom stereocenters. The lowest BCUT2D eigenvalue weighted by Crippen LogP contribution is -2.35. The summed E-state index contributed by atoms with van der Waals surface area (Å²) in [5, 5.41) is 0.528. The van der Waals surface area contributed by atoms with Crippen molar-refractivity contribution in [3.05, 3.63) is 58.1 Å². The van der Waals surface area contributed by atoms with Crippen molar-refractivity contribution in [1.29, 1.82) is 0 Å². The van der Waals surface area contributed by atoms with Crippen LogP contribution in [0.5, 0.6) is 0 Å². The van der Waals surface area contributed by atoms with Gasteiger partial charge in [-0.05, 0) is 81.2 Å². The minimum Gasteiger partial charge on any atom is -0.337 e. The zero-order chi connectivity index (χ0) is 23.3. The monoisotopic (exact) mass is 477 g/mol. The van der Waals surface area contributed by atoms with E-state index in [2.05, 4.69) is 16.5 Å². The van der Waals surface area contributed by atoms with Crippen LogP contribution in [-0.2, 0) is 10.0 Å². The second kappa shape index (κ2) is 10.7. The van der Waals surface area contributed by atoms with Gasteiger partial charge in [-0.25, -0.2) is 8.42 Å².